The topological polar surface area (TPSA) is 91.4 Å². The number of piperidine rings is 1. The van der Waals surface area contributed by atoms with Crippen molar-refractivity contribution in [2.75, 3.05) is 18.4 Å². The van der Waals surface area contributed by atoms with Crippen molar-refractivity contribution >= 4 is 5.95 Å². The fourth-order valence-electron chi connectivity index (χ4n) is 2.33. The largest absolute Gasteiger partial charge is 0.420 e. The normalized spacial score (nSPS) is 19.1. The van der Waals surface area contributed by atoms with E-state index in [1.807, 2.05) is 0 Å². The summed E-state index contributed by atoms with van der Waals surface area (Å²) in [7, 11) is 0. The highest BCUT2D eigenvalue weighted by Crippen LogP contribution is 2.35. The summed E-state index contributed by atoms with van der Waals surface area (Å²) in [5, 5.41) is 15.7. The van der Waals surface area contributed by atoms with Gasteiger partial charge in [0.25, 0.3) is 0 Å². The summed E-state index contributed by atoms with van der Waals surface area (Å²) in [5.41, 5.74) is -1.20. The number of hydrogen-bond donors (Lipinski definition) is 3. The number of halogens is 3. The number of alkyl halides is 3. The molecular weight excluding hydrogens is 299 g/mol. The van der Waals surface area contributed by atoms with Crippen molar-refractivity contribution in [1.82, 2.24) is 30.7 Å². The van der Waals surface area contributed by atoms with Crippen LogP contribution in [0.3, 0.4) is 0 Å². The fraction of sp³-hybridized carbons (Fsp3) is 0.500. The van der Waals surface area contributed by atoms with Gasteiger partial charge in [-0.25, -0.2) is 9.97 Å². The Morgan fingerprint density at radius 1 is 1.32 bits per heavy atom. The number of aromatic nitrogens is 5. The van der Waals surface area contributed by atoms with Crippen molar-refractivity contribution < 1.29 is 13.2 Å². The summed E-state index contributed by atoms with van der Waals surface area (Å²) in [6.07, 6.45) is -0.608. The van der Waals surface area contributed by atoms with Gasteiger partial charge >= 0.3 is 6.18 Å². The van der Waals surface area contributed by atoms with Gasteiger partial charge in [0.05, 0.1) is 6.20 Å². The van der Waals surface area contributed by atoms with Crippen LogP contribution in [0.1, 0.15) is 18.4 Å². The Morgan fingerprint density at radius 2 is 2.18 bits per heavy atom. The second-order valence-electron chi connectivity index (χ2n) is 5.00. The van der Waals surface area contributed by atoms with E-state index in [-0.39, 0.29) is 23.4 Å². The van der Waals surface area contributed by atoms with Gasteiger partial charge in [-0.1, -0.05) is 5.21 Å². The van der Waals surface area contributed by atoms with Crippen molar-refractivity contribution in [2.24, 2.45) is 0 Å². The second kappa shape index (κ2) is 5.87. The van der Waals surface area contributed by atoms with E-state index in [0.29, 0.717) is 0 Å². The molecule has 1 atom stereocenters. The zero-order valence-electron chi connectivity index (χ0n) is 11.5. The van der Waals surface area contributed by atoms with E-state index >= 15 is 0 Å². The molecule has 1 aliphatic heterocycles. The molecule has 0 bridgehead atoms. The Labute approximate surface area is 123 Å². The number of H-pyrrole nitrogens is 1. The van der Waals surface area contributed by atoms with E-state index in [0.717, 1.165) is 32.1 Å². The van der Waals surface area contributed by atoms with Crippen LogP contribution in [0.5, 0.6) is 0 Å². The number of aromatic amines is 1. The molecule has 3 heterocycles. The van der Waals surface area contributed by atoms with Gasteiger partial charge in [0.1, 0.15) is 17.0 Å². The molecule has 3 N–H and O–H groups in total. The third kappa shape index (κ3) is 3.16. The first-order valence-electron chi connectivity index (χ1n) is 6.82. The van der Waals surface area contributed by atoms with Crippen molar-refractivity contribution in [3.05, 3.63) is 18.0 Å². The predicted molar refractivity (Wildman–Crippen MR) is 71.9 cm³/mol. The van der Waals surface area contributed by atoms with Gasteiger partial charge < -0.3 is 10.6 Å². The van der Waals surface area contributed by atoms with Gasteiger partial charge in [0, 0.05) is 18.8 Å². The molecular formula is C12H14F3N7. The van der Waals surface area contributed by atoms with Crippen molar-refractivity contribution in [1.29, 1.82) is 0 Å². The molecule has 1 saturated heterocycles. The smallest absolute Gasteiger partial charge is 0.350 e. The van der Waals surface area contributed by atoms with Gasteiger partial charge in [0.2, 0.25) is 5.95 Å². The van der Waals surface area contributed by atoms with Gasteiger partial charge in [0.15, 0.2) is 0 Å². The van der Waals surface area contributed by atoms with Gasteiger partial charge in [-0.2, -0.15) is 13.2 Å². The minimum atomic E-state index is -4.56. The highest BCUT2D eigenvalue weighted by atomic mass is 19.4. The van der Waals surface area contributed by atoms with E-state index in [1.165, 1.54) is 6.20 Å². The molecule has 0 aromatic carbocycles. The summed E-state index contributed by atoms with van der Waals surface area (Å²) in [6.45, 7) is 1.67. The Bertz CT molecular complexity index is 620. The number of anilines is 1. The highest BCUT2D eigenvalue weighted by molar-refractivity contribution is 5.59. The molecule has 0 aliphatic carbocycles. The molecule has 0 radical (unpaired) electrons. The monoisotopic (exact) mass is 313 g/mol. The van der Waals surface area contributed by atoms with E-state index in [1.54, 1.807) is 0 Å². The maximum atomic E-state index is 13.1. The van der Waals surface area contributed by atoms with E-state index in [9.17, 15) is 13.2 Å². The van der Waals surface area contributed by atoms with Crippen molar-refractivity contribution in [3.63, 3.8) is 0 Å². The first kappa shape index (κ1) is 14.7. The lowest BCUT2D eigenvalue weighted by Crippen LogP contribution is -2.38. The Kier molecular flexibility index (Phi) is 3.92. The van der Waals surface area contributed by atoms with Crippen LogP contribution < -0.4 is 10.6 Å². The van der Waals surface area contributed by atoms with E-state index in [2.05, 4.69) is 36.0 Å². The lowest BCUT2D eigenvalue weighted by Gasteiger charge is -2.24. The number of hydrogen-bond acceptors (Lipinski definition) is 6. The van der Waals surface area contributed by atoms with Crippen LogP contribution in [0.4, 0.5) is 19.1 Å². The molecule has 2 aromatic rings. The molecule has 1 aliphatic rings. The summed E-state index contributed by atoms with van der Waals surface area (Å²) >= 11 is 0. The number of nitrogens with one attached hydrogen (secondary N) is 3. The van der Waals surface area contributed by atoms with Crippen LogP contribution >= 0.6 is 0 Å². The number of nitrogens with zero attached hydrogens (tertiary/aromatic N) is 4. The minimum Gasteiger partial charge on any atom is -0.350 e. The van der Waals surface area contributed by atoms with E-state index in [4.69, 9.17) is 0 Å². The minimum absolute atomic E-state index is 0.0274. The van der Waals surface area contributed by atoms with Crippen LogP contribution in [-0.4, -0.2) is 44.5 Å². The molecule has 0 spiro atoms. The second-order valence-corrected chi connectivity index (χ2v) is 5.00. The molecule has 0 saturated carbocycles. The Hall–Kier alpha value is -2.23. The number of rotatable bonds is 3. The zero-order chi connectivity index (χ0) is 15.6. The summed E-state index contributed by atoms with van der Waals surface area (Å²) < 4.78 is 39.2. The van der Waals surface area contributed by atoms with Gasteiger partial charge in [-0.05, 0) is 19.4 Å². The molecule has 3 rings (SSSR count). The molecule has 22 heavy (non-hydrogen) atoms. The molecule has 2 aromatic heterocycles. The maximum absolute atomic E-state index is 13.1. The van der Waals surface area contributed by atoms with Gasteiger partial charge in [-0.15, -0.1) is 5.10 Å². The van der Waals surface area contributed by atoms with Crippen LogP contribution in [0.25, 0.3) is 11.4 Å². The van der Waals surface area contributed by atoms with Crippen LogP contribution in [0.2, 0.25) is 0 Å². The van der Waals surface area contributed by atoms with Crippen LogP contribution in [0.15, 0.2) is 12.4 Å². The lowest BCUT2D eigenvalue weighted by molar-refractivity contribution is -0.137. The predicted octanol–water partition coefficient (Wildman–Crippen LogP) is 1.44. The Morgan fingerprint density at radius 3 is 2.82 bits per heavy atom. The zero-order valence-corrected chi connectivity index (χ0v) is 11.5. The molecule has 7 nitrogen and oxygen atoms in total. The van der Waals surface area contributed by atoms with Crippen molar-refractivity contribution in [2.45, 2.75) is 25.1 Å². The lowest BCUT2D eigenvalue weighted by atomic mass is 10.1. The van der Waals surface area contributed by atoms with Crippen LogP contribution in [-0.2, 0) is 6.18 Å². The third-order valence-electron chi connectivity index (χ3n) is 3.38. The third-order valence-corrected chi connectivity index (χ3v) is 3.38. The standard InChI is InChI=1S/C12H14F3N7/c13-12(14,15)8-5-17-11(19-7-2-1-3-16-4-7)20-10(8)9-6-18-22-21-9/h5-7,16H,1-4H2,(H,17,19,20)(H,18,21,22)/t7-/m0/s1. The van der Waals surface area contributed by atoms with Crippen LogP contribution in [0, 0.1) is 0 Å². The molecule has 0 unspecified atom stereocenters. The summed E-state index contributed by atoms with van der Waals surface area (Å²) in [4.78, 5) is 7.76. The van der Waals surface area contributed by atoms with Gasteiger partial charge in [-0.3, -0.25) is 5.10 Å². The average molecular weight is 313 g/mol. The quantitative estimate of drug-likeness (QED) is 0.794. The Balaban J connectivity index is 1.92. The fourth-order valence-corrected chi connectivity index (χ4v) is 2.33. The molecule has 1 fully saturated rings. The van der Waals surface area contributed by atoms with Crippen molar-refractivity contribution in [3.8, 4) is 11.4 Å². The summed E-state index contributed by atoms with van der Waals surface area (Å²) in [6, 6.07) is 0.0932. The molecule has 10 heteroatoms. The SMILES string of the molecule is FC(F)(F)c1cnc(N[C@H]2CCCNC2)nc1-c1c[nH]nn1. The first-order chi connectivity index (χ1) is 10.5. The first-order valence-corrected chi connectivity index (χ1v) is 6.82. The molecule has 118 valence electrons. The van der Waals surface area contributed by atoms with E-state index < -0.39 is 11.7 Å². The molecule has 0 amide bonds. The maximum Gasteiger partial charge on any atom is 0.420 e. The highest BCUT2D eigenvalue weighted by Gasteiger charge is 2.36. The average Bonchev–Trinajstić information content (AvgIpc) is 3.01. The summed E-state index contributed by atoms with van der Waals surface area (Å²) in [5.74, 6) is 0.153.